The molecule has 0 bridgehead atoms. The molecule has 4 heteroatoms. The minimum Gasteiger partial charge on any atom is -0.483 e. The van der Waals surface area contributed by atoms with E-state index in [1.165, 1.54) is 0 Å². The first-order valence-corrected chi connectivity index (χ1v) is 7.03. The Morgan fingerprint density at radius 3 is 2.39 bits per heavy atom. The van der Waals surface area contributed by atoms with Gasteiger partial charge in [-0.2, -0.15) is 0 Å². The van der Waals surface area contributed by atoms with Crippen LogP contribution in [0.4, 0.5) is 0 Å². The fourth-order valence-electron chi connectivity index (χ4n) is 1.62. The van der Waals surface area contributed by atoms with Crippen LogP contribution in [0.3, 0.4) is 0 Å². The Kier molecular flexibility index (Phi) is 4.86. The van der Waals surface area contributed by atoms with E-state index in [9.17, 15) is 0 Å². The smallest absolute Gasteiger partial charge is 0.136 e. The van der Waals surface area contributed by atoms with Gasteiger partial charge in [-0.3, -0.25) is 0 Å². The summed E-state index contributed by atoms with van der Waals surface area (Å²) < 4.78 is 7.02. The molecule has 2 nitrogen and oxygen atoms in total. The fourth-order valence-corrected chi connectivity index (χ4v) is 2.26. The predicted octanol–water partition coefficient (Wildman–Crippen LogP) is 4.02. The summed E-state index contributed by atoms with van der Waals surface area (Å²) in [7, 11) is 0. The Balaban J connectivity index is 2.20. The van der Waals surface area contributed by atoms with Gasteiger partial charge in [-0.15, -0.1) is 0 Å². The Labute approximate surface area is 125 Å². The van der Waals surface area contributed by atoms with Crippen molar-refractivity contribution in [2.24, 2.45) is 5.73 Å². The second kappa shape index (κ2) is 6.41. The molecular formula is C14H13ClINO. The van der Waals surface area contributed by atoms with Gasteiger partial charge in [0.05, 0.1) is 3.57 Å². The SMILES string of the molecule is NCC(Oc1ccccc1I)c1ccc(Cl)cc1. The average Bonchev–Trinajstić information content (AvgIpc) is 2.39. The van der Waals surface area contributed by atoms with Gasteiger partial charge < -0.3 is 10.5 Å². The molecule has 2 N–H and O–H groups in total. The summed E-state index contributed by atoms with van der Waals surface area (Å²) in [5.41, 5.74) is 6.81. The van der Waals surface area contributed by atoms with Crippen molar-refractivity contribution in [3.8, 4) is 5.75 Å². The van der Waals surface area contributed by atoms with E-state index in [2.05, 4.69) is 22.6 Å². The van der Waals surface area contributed by atoms with Gasteiger partial charge in [-0.05, 0) is 52.4 Å². The highest BCUT2D eigenvalue weighted by atomic mass is 127. The molecule has 0 aliphatic rings. The molecule has 18 heavy (non-hydrogen) atoms. The van der Waals surface area contributed by atoms with Crippen LogP contribution in [-0.2, 0) is 0 Å². The fraction of sp³-hybridized carbons (Fsp3) is 0.143. The maximum Gasteiger partial charge on any atom is 0.136 e. The quantitative estimate of drug-likeness (QED) is 0.822. The first-order valence-electron chi connectivity index (χ1n) is 5.57. The van der Waals surface area contributed by atoms with E-state index in [-0.39, 0.29) is 6.10 Å². The molecular weight excluding hydrogens is 361 g/mol. The van der Waals surface area contributed by atoms with Gasteiger partial charge in [0.1, 0.15) is 11.9 Å². The number of rotatable bonds is 4. The van der Waals surface area contributed by atoms with Gasteiger partial charge in [0.25, 0.3) is 0 Å². The molecule has 2 aromatic rings. The molecule has 2 rings (SSSR count). The molecule has 0 aromatic heterocycles. The molecule has 0 heterocycles. The zero-order valence-corrected chi connectivity index (χ0v) is 12.6. The number of benzene rings is 2. The summed E-state index contributed by atoms with van der Waals surface area (Å²) in [6.07, 6.45) is -0.154. The lowest BCUT2D eigenvalue weighted by Crippen LogP contribution is -2.18. The monoisotopic (exact) mass is 373 g/mol. The highest BCUT2D eigenvalue weighted by Crippen LogP contribution is 2.26. The van der Waals surface area contributed by atoms with Crippen LogP contribution < -0.4 is 10.5 Å². The third-order valence-corrected chi connectivity index (χ3v) is 3.70. The van der Waals surface area contributed by atoms with E-state index >= 15 is 0 Å². The largest absolute Gasteiger partial charge is 0.483 e. The highest BCUT2D eigenvalue weighted by Gasteiger charge is 2.12. The van der Waals surface area contributed by atoms with Crippen LogP contribution in [0, 0.1) is 3.57 Å². The van der Waals surface area contributed by atoms with Crippen LogP contribution in [0.5, 0.6) is 5.75 Å². The maximum absolute atomic E-state index is 5.94. The Morgan fingerprint density at radius 1 is 1.11 bits per heavy atom. The molecule has 0 aliphatic heterocycles. The Bertz CT molecular complexity index is 515. The topological polar surface area (TPSA) is 35.2 Å². The normalized spacial score (nSPS) is 12.2. The lowest BCUT2D eigenvalue weighted by molar-refractivity contribution is 0.212. The van der Waals surface area contributed by atoms with Crippen molar-refractivity contribution in [2.75, 3.05) is 6.54 Å². The summed E-state index contributed by atoms with van der Waals surface area (Å²) in [4.78, 5) is 0. The van der Waals surface area contributed by atoms with Crippen molar-refractivity contribution in [1.82, 2.24) is 0 Å². The summed E-state index contributed by atoms with van der Waals surface area (Å²) in [5, 5.41) is 0.712. The Morgan fingerprint density at radius 2 is 1.78 bits per heavy atom. The van der Waals surface area contributed by atoms with Crippen molar-refractivity contribution < 1.29 is 4.74 Å². The number of hydrogen-bond acceptors (Lipinski definition) is 2. The van der Waals surface area contributed by atoms with Gasteiger partial charge in [0.15, 0.2) is 0 Å². The van der Waals surface area contributed by atoms with Crippen molar-refractivity contribution in [3.63, 3.8) is 0 Å². The molecule has 1 atom stereocenters. The van der Waals surface area contributed by atoms with E-state index in [1.807, 2.05) is 48.5 Å². The Hall–Kier alpha value is -0.780. The summed E-state index contributed by atoms with van der Waals surface area (Å²) in [6.45, 7) is 0.423. The summed E-state index contributed by atoms with van der Waals surface area (Å²) >= 11 is 8.12. The minimum absolute atomic E-state index is 0.154. The number of ether oxygens (including phenoxy) is 1. The molecule has 0 spiro atoms. The first kappa shape index (κ1) is 13.6. The zero-order valence-electron chi connectivity index (χ0n) is 9.64. The van der Waals surface area contributed by atoms with Crippen LogP contribution in [0.25, 0.3) is 0 Å². The third-order valence-electron chi connectivity index (χ3n) is 2.56. The molecule has 2 aromatic carbocycles. The van der Waals surface area contributed by atoms with E-state index < -0.39 is 0 Å². The van der Waals surface area contributed by atoms with Crippen LogP contribution in [0.1, 0.15) is 11.7 Å². The summed E-state index contributed by atoms with van der Waals surface area (Å²) in [6, 6.07) is 15.5. The van der Waals surface area contributed by atoms with Gasteiger partial charge >= 0.3 is 0 Å². The van der Waals surface area contributed by atoms with Crippen molar-refractivity contribution in [2.45, 2.75) is 6.10 Å². The molecule has 0 saturated heterocycles. The van der Waals surface area contributed by atoms with E-state index in [4.69, 9.17) is 22.1 Å². The van der Waals surface area contributed by atoms with Gasteiger partial charge in [-0.25, -0.2) is 0 Å². The maximum atomic E-state index is 5.94. The highest BCUT2D eigenvalue weighted by molar-refractivity contribution is 14.1. The van der Waals surface area contributed by atoms with Crippen LogP contribution in [0.15, 0.2) is 48.5 Å². The lowest BCUT2D eigenvalue weighted by atomic mass is 10.1. The second-order valence-electron chi connectivity index (χ2n) is 3.82. The van der Waals surface area contributed by atoms with Gasteiger partial charge in [0, 0.05) is 11.6 Å². The summed E-state index contributed by atoms with van der Waals surface area (Å²) in [5.74, 6) is 0.850. The van der Waals surface area contributed by atoms with E-state index in [1.54, 1.807) is 0 Å². The molecule has 0 saturated carbocycles. The van der Waals surface area contributed by atoms with E-state index in [0.29, 0.717) is 11.6 Å². The average molecular weight is 374 g/mol. The number of nitrogens with two attached hydrogens (primary N) is 1. The van der Waals surface area contributed by atoms with Crippen molar-refractivity contribution in [1.29, 1.82) is 0 Å². The third kappa shape index (κ3) is 3.37. The predicted molar refractivity (Wildman–Crippen MR) is 83.0 cm³/mol. The van der Waals surface area contributed by atoms with Crippen LogP contribution in [0.2, 0.25) is 5.02 Å². The van der Waals surface area contributed by atoms with Gasteiger partial charge in [0.2, 0.25) is 0 Å². The number of halogens is 2. The van der Waals surface area contributed by atoms with Crippen LogP contribution in [-0.4, -0.2) is 6.54 Å². The molecule has 94 valence electrons. The first-order chi connectivity index (χ1) is 8.70. The molecule has 0 radical (unpaired) electrons. The number of hydrogen-bond donors (Lipinski definition) is 1. The molecule has 0 aliphatic carbocycles. The lowest BCUT2D eigenvalue weighted by Gasteiger charge is -2.18. The number of para-hydroxylation sites is 1. The second-order valence-corrected chi connectivity index (χ2v) is 5.42. The molecule has 0 amide bonds. The minimum atomic E-state index is -0.154. The van der Waals surface area contributed by atoms with Crippen molar-refractivity contribution in [3.05, 3.63) is 62.7 Å². The van der Waals surface area contributed by atoms with Crippen LogP contribution >= 0.6 is 34.2 Å². The van der Waals surface area contributed by atoms with Crippen molar-refractivity contribution >= 4 is 34.2 Å². The zero-order chi connectivity index (χ0) is 13.0. The standard InChI is InChI=1S/C14H13ClINO/c15-11-7-5-10(6-8-11)14(9-17)18-13-4-2-1-3-12(13)16/h1-8,14H,9,17H2. The van der Waals surface area contributed by atoms with E-state index in [0.717, 1.165) is 14.9 Å². The van der Waals surface area contributed by atoms with Gasteiger partial charge in [-0.1, -0.05) is 35.9 Å². The molecule has 1 unspecified atom stereocenters. The molecule has 0 fully saturated rings.